The standard InChI is InChI=1S/C10H7N3O2S/c14-8-7-9(13-10(15)12-8)16-6-4-2-1-3-5(6)11-7/h1-4,6H,(H2,12,13,14,15)/p+1. The second-order valence-corrected chi connectivity index (χ2v) is 4.63. The van der Waals surface area contributed by atoms with E-state index in [0.717, 1.165) is 5.71 Å². The first-order valence-corrected chi connectivity index (χ1v) is 5.64. The van der Waals surface area contributed by atoms with E-state index >= 15 is 0 Å². The normalized spacial score (nSPS) is 21.2. The molecule has 0 bridgehead atoms. The largest absolute Gasteiger partial charge is 0.326 e. The second-order valence-electron chi connectivity index (χ2n) is 3.48. The van der Waals surface area contributed by atoms with Crippen LogP contribution < -0.4 is 16.2 Å². The molecule has 16 heavy (non-hydrogen) atoms. The number of allylic oxidation sites excluding steroid dienone is 3. The van der Waals surface area contributed by atoms with Gasteiger partial charge >= 0.3 is 11.2 Å². The molecule has 1 aromatic heterocycles. The van der Waals surface area contributed by atoms with Crippen molar-refractivity contribution >= 4 is 23.2 Å². The van der Waals surface area contributed by atoms with Gasteiger partial charge in [0.2, 0.25) is 0 Å². The van der Waals surface area contributed by atoms with Crippen molar-refractivity contribution in [2.24, 2.45) is 0 Å². The molecule has 1 aliphatic carbocycles. The van der Waals surface area contributed by atoms with E-state index in [-0.39, 0.29) is 10.8 Å². The van der Waals surface area contributed by atoms with Gasteiger partial charge in [0, 0.05) is 6.08 Å². The van der Waals surface area contributed by atoms with Crippen LogP contribution in [0.4, 0.5) is 5.69 Å². The van der Waals surface area contributed by atoms with E-state index in [4.69, 9.17) is 0 Å². The first kappa shape index (κ1) is 9.41. The number of thioether (sulfide) groups is 1. The lowest BCUT2D eigenvalue weighted by Gasteiger charge is -2.14. The average Bonchev–Trinajstić information content (AvgIpc) is 2.27. The molecule has 1 aliphatic heterocycles. The number of aromatic nitrogens is 2. The van der Waals surface area contributed by atoms with Gasteiger partial charge in [0.1, 0.15) is 5.25 Å². The molecule has 2 aliphatic rings. The van der Waals surface area contributed by atoms with Crippen molar-refractivity contribution in [2.75, 3.05) is 0 Å². The summed E-state index contributed by atoms with van der Waals surface area (Å²) in [4.78, 5) is 30.5. The molecule has 3 rings (SSSR count). The summed E-state index contributed by atoms with van der Waals surface area (Å²) in [7, 11) is 0. The highest BCUT2D eigenvalue weighted by atomic mass is 32.2. The third kappa shape index (κ3) is 1.38. The predicted molar refractivity (Wildman–Crippen MR) is 61.2 cm³/mol. The summed E-state index contributed by atoms with van der Waals surface area (Å²) in [6.07, 6.45) is 7.78. The van der Waals surface area contributed by atoms with E-state index in [0.29, 0.717) is 10.7 Å². The summed E-state index contributed by atoms with van der Waals surface area (Å²) in [5.41, 5.74) is 0.505. The Hall–Kier alpha value is -1.82. The van der Waals surface area contributed by atoms with Crippen molar-refractivity contribution in [1.82, 2.24) is 9.97 Å². The smallest absolute Gasteiger partial charge is 0.296 e. The second kappa shape index (κ2) is 3.34. The molecule has 3 N–H and O–H groups in total. The van der Waals surface area contributed by atoms with Crippen molar-refractivity contribution in [3.63, 3.8) is 0 Å². The lowest BCUT2D eigenvalue weighted by atomic mass is 10.1. The fraction of sp³-hybridized carbons (Fsp3) is 0.100. The van der Waals surface area contributed by atoms with E-state index in [1.807, 2.05) is 24.3 Å². The number of hydrogen-bond acceptors (Lipinski definition) is 3. The van der Waals surface area contributed by atoms with Crippen LogP contribution in [0, 0.1) is 0 Å². The highest BCUT2D eigenvalue weighted by Gasteiger charge is 2.30. The Morgan fingerprint density at radius 3 is 3.00 bits per heavy atom. The van der Waals surface area contributed by atoms with E-state index in [1.165, 1.54) is 11.8 Å². The predicted octanol–water partition coefficient (Wildman–Crippen LogP) is -1.18. The minimum atomic E-state index is -0.475. The van der Waals surface area contributed by atoms with Crippen LogP contribution in [0.25, 0.3) is 0 Å². The minimum Gasteiger partial charge on any atom is -0.296 e. The molecule has 0 aromatic carbocycles. The molecule has 0 amide bonds. The van der Waals surface area contributed by atoms with Gasteiger partial charge in [0.15, 0.2) is 10.7 Å². The van der Waals surface area contributed by atoms with Crippen LogP contribution in [-0.4, -0.2) is 20.9 Å². The lowest BCUT2D eigenvalue weighted by molar-refractivity contribution is -0.360. The highest BCUT2D eigenvalue weighted by Crippen LogP contribution is 2.27. The summed E-state index contributed by atoms with van der Waals surface area (Å²) in [5, 5.41) is 0.720. The highest BCUT2D eigenvalue weighted by molar-refractivity contribution is 8.01. The van der Waals surface area contributed by atoms with Gasteiger partial charge in [-0.25, -0.2) is 9.79 Å². The van der Waals surface area contributed by atoms with Crippen LogP contribution in [0.2, 0.25) is 0 Å². The van der Waals surface area contributed by atoms with Crippen LogP contribution in [0.5, 0.6) is 0 Å². The van der Waals surface area contributed by atoms with Crippen molar-refractivity contribution in [3.8, 4) is 0 Å². The van der Waals surface area contributed by atoms with Crippen LogP contribution in [0.15, 0.2) is 38.9 Å². The van der Waals surface area contributed by atoms with Gasteiger partial charge < -0.3 is 0 Å². The number of rotatable bonds is 0. The van der Waals surface area contributed by atoms with Crippen molar-refractivity contribution in [2.45, 2.75) is 10.3 Å². The molecule has 2 heterocycles. The van der Waals surface area contributed by atoms with Crippen molar-refractivity contribution in [3.05, 3.63) is 45.1 Å². The fourth-order valence-corrected chi connectivity index (χ4v) is 2.78. The molecule has 0 saturated heterocycles. The maximum atomic E-state index is 11.6. The van der Waals surface area contributed by atoms with Crippen molar-refractivity contribution < 1.29 is 4.99 Å². The molecule has 0 spiro atoms. The Bertz CT molecular complexity index is 651. The SMILES string of the molecule is O=c1[nH]c2c(c(=O)[nH]1)[NH+]=C1C=CC=CC1S2. The molecule has 0 radical (unpaired) electrons. The molecular weight excluding hydrogens is 226 g/mol. The number of aromatic amines is 2. The van der Waals surface area contributed by atoms with Gasteiger partial charge in [-0.15, -0.1) is 0 Å². The molecule has 6 heteroatoms. The monoisotopic (exact) mass is 234 g/mol. The molecule has 5 nitrogen and oxygen atoms in total. The fourth-order valence-electron chi connectivity index (χ4n) is 1.68. The summed E-state index contributed by atoms with van der Waals surface area (Å²) in [5.74, 6) is 0. The number of hydrogen-bond donors (Lipinski definition) is 3. The van der Waals surface area contributed by atoms with Crippen molar-refractivity contribution in [1.29, 1.82) is 0 Å². The van der Waals surface area contributed by atoms with E-state index in [1.54, 1.807) is 0 Å². The van der Waals surface area contributed by atoms with Gasteiger partial charge in [-0.05, 0) is 0 Å². The Morgan fingerprint density at radius 2 is 2.12 bits per heavy atom. The maximum Gasteiger partial charge on any atom is 0.326 e. The summed E-state index contributed by atoms with van der Waals surface area (Å²) < 4.78 is 0. The van der Waals surface area contributed by atoms with Crippen LogP contribution in [0.1, 0.15) is 0 Å². The Kier molecular flexibility index (Phi) is 1.97. The van der Waals surface area contributed by atoms with Crippen LogP contribution >= 0.6 is 11.8 Å². The number of nitrogens with one attached hydrogen (secondary N) is 3. The molecule has 0 fully saturated rings. The average molecular weight is 234 g/mol. The molecule has 1 aromatic rings. The first-order valence-electron chi connectivity index (χ1n) is 4.76. The number of H-pyrrole nitrogens is 2. The first-order chi connectivity index (χ1) is 7.74. The summed E-state index contributed by atoms with van der Waals surface area (Å²) in [6.45, 7) is 0. The third-order valence-electron chi connectivity index (χ3n) is 2.40. The van der Waals surface area contributed by atoms with Gasteiger partial charge in [-0.2, -0.15) is 0 Å². The van der Waals surface area contributed by atoms with Gasteiger partial charge in [-0.1, -0.05) is 30.0 Å². The van der Waals surface area contributed by atoms with E-state index < -0.39 is 5.69 Å². The van der Waals surface area contributed by atoms with E-state index in [9.17, 15) is 9.59 Å². The zero-order valence-electron chi connectivity index (χ0n) is 8.11. The van der Waals surface area contributed by atoms with Gasteiger partial charge in [-0.3, -0.25) is 14.8 Å². The topological polar surface area (TPSA) is 79.7 Å². The Morgan fingerprint density at radius 1 is 1.25 bits per heavy atom. The van der Waals surface area contributed by atoms with Gasteiger partial charge in [0.25, 0.3) is 5.69 Å². The van der Waals surface area contributed by atoms with Gasteiger partial charge in [0.05, 0.1) is 0 Å². The van der Waals surface area contributed by atoms with E-state index in [2.05, 4.69) is 15.0 Å². The third-order valence-corrected chi connectivity index (χ3v) is 3.61. The van der Waals surface area contributed by atoms with Crippen LogP contribution in [-0.2, 0) is 0 Å². The zero-order valence-corrected chi connectivity index (χ0v) is 8.93. The molecular formula is C10H8N3O2S+. The zero-order chi connectivity index (χ0) is 11.1. The molecule has 80 valence electrons. The van der Waals surface area contributed by atoms with Crippen LogP contribution in [0.3, 0.4) is 0 Å². The minimum absolute atomic E-state index is 0.134. The quantitative estimate of drug-likeness (QED) is 0.494. The summed E-state index contributed by atoms with van der Waals surface area (Å²) in [6, 6.07) is 0. The summed E-state index contributed by atoms with van der Waals surface area (Å²) >= 11 is 1.46. The Balaban J connectivity index is 2.25. The molecule has 1 atom stereocenters. The number of fused-ring (bicyclic) bond motifs is 2. The maximum absolute atomic E-state index is 11.6. The molecule has 0 saturated carbocycles. The Labute approximate surface area is 94.0 Å². The lowest BCUT2D eigenvalue weighted by Crippen LogP contribution is -2.72. The molecule has 1 unspecified atom stereocenters.